The third-order valence-corrected chi connectivity index (χ3v) is 4.10. The normalized spacial score (nSPS) is 17.6. The van der Waals surface area contributed by atoms with Gasteiger partial charge < -0.3 is 10.6 Å². The fourth-order valence-electron chi connectivity index (χ4n) is 2.77. The highest BCUT2D eigenvalue weighted by Crippen LogP contribution is 2.17. The summed E-state index contributed by atoms with van der Waals surface area (Å²) in [6.07, 6.45) is 2.27. The fourth-order valence-corrected chi connectivity index (χ4v) is 2.77. The Hall–Kier alpha value is -1.06. The Morgan fingerprint density at radius 3 is 2.21 bits per heavy atom. The zero-order valence-electron chi connectivity index (χ0n) is 12.3. The van der Waals surface area contributed by atoms with Crippen LogP contribution >= 0.6 is 0 Å². The van der Waals surface area contributed by atoms with Crippen molar-refractivity contribution >= 4 is 5.69 Å². The largest absolute Gasteiger partial charge is 0.372 e. The first-order valence-corrected chi connectivity index (χ1v) is 7.54. The van der Waals surface area contributed by atoms with Gasteiger partial charge in [-0.1, -0.05) is 12.1 Å². The second-order valence-corrected chi connectivity index (χ2v) is 5.45. The maximum absolute atomic E-state index is 5.94. The Bertz CT molecular complexity index is 362. The van der Waals surface area contributed by atoms with Gasteiger partial charge in [0.15, 0.2) is 0 Å². The number of likely N-dealkylation sites (tertiary alicyclic amines) is 1. The lowest BCUT2D eigenvalue weighted by Gasteiger charge is -2.30. The lowest BCUT2D eigenvalue weighted by atomic mass is 10.1. The molecule has 2 rings (SSSR count). The van der Waals surface area contributed by atoms with E-state index in [0.29, 0.717) is 6.04 Å². The molecule has 0 unspecified atom stereocenters. The van der Waals surface area contributed by atoms with Gasteiger partial charge in [0.25, 0.3) is 0 Å². The molecule has 1 aromatic rings. The summed E-state index contributed by atoms with van der Waals surface area (Å²) in [5.74, 6) is 0. The molecule has 0 aliphatic carbocycles. The number of piperidine rings is 1. The van der Waals surface area contributed by atoms with Gasteiger partial charge in [0, 0.05) is 31.4 Å². The van der Waals surface area contributed by atoms with Gasteiger partial charge in [-0.2, -0.15) is 0 Å². The first-order valence-electron chi connectivity index (χ1n) is 7.54. The van der Waals surface area contributed by atoms with Crippen molar-refractivity contribution in [1.82, 2.24) is 4.90 Å². The minimum Gasteiger partial charge on any atom is -0.372 e. The summed E-state index contributed by atoms with van der Waals surface area (Å²) in [4.78, 5) is 4.89. The number of nitrogens with two attached hydrogens (primary N) is 1. The molecule has 1 heterocycles. The molecule has 0 saturated carbocycles. The van der Waals surface area contributed by atoms with Crippen LogP contribution in [0.25, 0.3) is 0 Å². The van der Waals surface area contributed by atoms with Crippen LogP contribution in [-0.4, -0.2) is 37.1 Å². The smallest absolute Gasteiger partial charge is 0.0366 e. The van der Waals surface area contributed by atoms with Crippen LogP contribution in [0.3, 0.4) is 0 Å². The summed E-state index contributed by atoms with van der Waals surface area (Å²) in [5.41, 5.74) is 8.68. The average Bonchev–Trinajstić information content (AvgIpc) is 2.44. The van der Waals surface area contributed by atoms with E-state index < -0.39 is 0 Å². The molecule has 1 aromatic carbocycles. The van der Waals surface area contributed by atoms with E-state index in [-0.39, 0.29) is 0 Å². The molecule has 0 aromatic heterocycles. The van der Waals surface area contributed by atoms with Crippen LogP contribution in [0.2, 0.25) is 0 Å². The van der Waals surface area contributed by atoms with Crippen LogP contribution in [0.5, 0.6) is 0 Å². The minimum absolute atomic E-state index is 0.418. The maximum Gasteiger partial charge on any atom is 0.0366 e. The highest BCUT2D eigenvalue weighted by atomic mass is 15.1. The molecule has 0 spiro atoms. The number of benzene rings is 1. The summed E-state index contributed by atoms with van der Waals surface area (Å²) in [5, 5.41) is 0. The van der Waals surface area contributed by atoms with Gasteiger partial charge in [-0.3, -0.25) is 4.90 Å². The topological polar surface area (TPSA) is 32.5 Å². The molecule has 19 heavy (non-hydrogen) atoms. The molecule has 2 N–H and O–H groups in total. The average molecular weight is 261 g/mol. The van der Waals surface area contributed by atoms with Crippen LogP contribution in [-0.2, 0) is 6.54 Å². The van der Waals surface area contributed by atoms with E-state index in [1.165, 1.54) is 11.3 Å². The summed E-state index contributed by atoms with van der Waals surface area (Å²) < 4.78 is 0. The molecule has 1 aliphatic heterocycles. The van der Waals surface area contributed by atoms with Crippen LogP contribution < -0.4 is 10.6 Å². The van der Waals surface area contributed by atoms with Gasteiger partial charge in [-0.05, 0) is 57.5 Å². The number of rotatable bonds is 5. The third-order valence-electron chi connectivity index (χ3n) is 4.10. The molecule has 0 amide bonds. The molecule has 3 heteroatoms. The van der Waals surface area contributed by atoms with Crippen molar-refractivity contribution in [2.45, 2.75) is 39.3 Å². The standard InChI is InChI=1S/C16H27N3/c1-3-19(4-2)16-7-5-14(6-8-16)13-18-11-9-15(17)10-12-18/h5-8,15H,3-4,9-13,17H2,1-2H3. The van der Waals surface area contributed by atoms with Gasteiger partial charge in [0.1, 0.15) is 0 Å². The van der Waals surface area contributed by atoms with E-state index in [0.717, 1.165) is 45.6 Å². The van der Waals surface area contributed by atoms with Gasteiger partial charge in [0.05, 0.1) is 0 Å². The van der Waals surface area contributed by atoms with Crippen molar-refractivity contribution in [1.29, 1.82) is 0 Å². The third kappa shape index (κ3) is 3.95. The number of nitrogens with zero attached hydrogens (tertiary/aromatic N) is 2. The Morgan fingerprint density at radius 1 is 1.11 bits per heavy atom. The lowest BCUT2D eigenvalue weighted by molar-refractivity contribution is 0.205. The molecular formula is C16H27N3. The van der Waals surface area contributed by atoms with E-state index in [1.807, 2.05) is 0 Å². The van der Waals surface area contributed by atoms with Crippen molar-refractivity contribution in [3.8, 4) is 0 Å². The van der Waals surface area contributed by atoms with Crippen molar-refractivity contribution < 1.29 is 0 Å². The molecule has 0 bridgehead atoms. The van der Waals surface area contributed by atoms with Crippen molar-refractivity contribution in [2.75, 3.05) is 31.1 Å². The SMILES string of the molecule is CCN(CC)c1ccc(CN2CCC(N)CC2)cc1. The molecular weight excluding hydrogens is 234 g/mol. The number of hydrogen-bond donors (Lipinski definition) is 1. The molecule has 106 valence electrons. The van der Waals surface area contributed by atoms with Crippen LogP contribution in [0.4, 0.5) is 5.69 Å². The quantitative estimate of drug-likeness (QED) is 0.883. The number of anilines is 1. The highest BCUT2D eigenvalue weighted by Gasteiger charge is 2.15. The monoisotopic (exact) mass is 261 g/mol. The molecule has 0 atom stereocenters. The van der Waals surface area contributed by atoms with Gasteiger partial charge in [-0.15, -0.1) is 0 Å². The number of hydrogen-bond acceptors (Lipinski definition) is 3. The zero-order chi connectivity index (χ0) is 13.7. The van der Waals surface area contributed by atoms with Crippen molar-refractivity contribution in [2.24, 2.45) is 5.73 Å². The molecule has 0 radical (unpaired) electrons. The maximum atomic E-state index is 5.94. The molecule has 3 nitrogen and oxygen atoms in total. The summed E-state index contributed by atoms with van der Waals surface area (Å²) in [7, 11) is 0. The first-order chi connectivity index (χ1) is 9.22. The summed E-state index contributed by atoms with van der Waals surface area (Å²) in [6.45, 7) is 9.88. The van der Waals surface area contributed by atoms with E-state index in [2.05, 4.69) is 47.9 Å². The Labute approximate surface area is 117 Å². The van der Waals surface area contributed by atoms with Gasteiger partial charge in [-0.25, -0.2) is 0 Å². The van der Waals surface area contributed by atoms with Crippen molar-refractivity contribution in [3.63, 3.8) is 0 Å². The fraction of sp³-hybridized carbons (Fsp3) is 0.625. The molecule has 1 fully saturated rings. The van der Waals surface area contributed by atoms with Crippen LogP contribution in [0, 0.1) is 0 Å². The Balaban J connectivity index is 1.91. The minimum atomic E-state index is 0.418. The second kappa shape index (κ2) is 6.92. The Kier molecular flexibility index (Phi) is 5.23. The van der Waals surface area contributed by atoms with E-state index in [9.17, 15) is 0 Å². The van der Waals surface area contributed by atoms with Gasteiger partial charge in [0.2, 0.25) is 0 Å². The lowest BCUT2D eigenvalue weighted by Crippen LogP contribution is -2.39. The van der Waals surface area contributed by atoms with Crippen LogP contribution in [0.1, 0.15) is 32.3 Å². The molecule has 1 aliphatic rings. The predicted octanol–water partition coefficient (Wildman–Crippen LogP) is 2.46. The van der Waals surface area contributed by atoms with E-state index >= 15 is 0 Å². The zero-order valence-corrected chi connectivity index (χ0v) is 12.3. The first kappa shape index (κ1) is 14.4. The summed E-state index contributed by atoms with van der Waals surface area (Å²) in [6, 6.07) is 9.45. The van der Waals surface area contributed by atoms with E-state index in [1.54, 1.807) is 0 Å². The highest BCUT2D eigenvalue weighted by molar-refractivity contribution is 5.47. The second-order valence-electron chi connectivity index (χ2n) is 5.45. The van der Waals surface area contributed by atoms with Crippen LogP contribution in [0.15, 0.2) is 24.3 Å². The molecule has 1 saturated heterocycles. The van der Waals surface area contributed by atoms with Crippen molar-refractivity contribution in [3.05, 3.63) is 29.8 Å². The van der Waals surface area contributed by atoms with Gasteiger partial charge >= 0.3 is 0 Å². The Morgan fingerprint density at radius 2 is 1.68 bits per heavy atom. The van der Waals surface area contributed by atoms with E-state index in [4.69, 9.17) is 5.73 Å². The summed E-state index contributed by atoms with van der Waals surface area (Å²) >= 11 is 0. The predicted molar refractivity (Wildman–Crippen MR) is 82.5 cm³/mol.